The van der Waals surface area contributed by atoms with Gasteiger partial charge in [-0.2, -0.15) is 13.2 Å². The number of carbonyl (C=O) groups is 2. The van der Waals surface area contributed by atoms with Crippen LogP contribution in [0, 0.1) is 5.92 Å². The molecule has 41 heavy (non-hydrogen) atoms. The van der Waals surface area contributed by atoms with Gasteiger partial charge in [0.1, 0.15) is 17.5 Å². The van der Waals surface area contributed by atoms with Crippen molar-refractivity contribution in [2.75, 3.05) is 5.32 Å². The Morgan fingerprint density at radius 1 is 1.15 bits per heavy atom. The van der Waals surface area contributed by atoms with E-state index in [-0.39, 0.29) is 42.3 Å². The van der Waals surface area contributed by atoms with Crippen LogP contribution in [0.1, 0.15) is 49.6 Å². The Labute approximate surface area is 231 Å². The lowest BCUT2D eigenvalue weighted by Gasteiger charge is -2.34. The van der Waals surface area contributed by atoms with Gasteiger partial charge in [-0.3, -0.25) is 14.7 Å². The Kier molecular flexibility index (Phi) is 5.64. The van der Waals surface area contributed by atoms with E-state index in [1.165, 1.54) is 10.9 Å². The zero-order valence-corrected chi connectivity index (χ0v) is 21.9. The van der Waals surface area contributed by atoms with E-state index < -0.39 is 17.6 Å². The molecule has 2 amide bonds. The van der Waals surface area contributed by atoms with Crippen LogP contribution in [0.15, 0.2) is 47.4 Å². The number of alkyl halides is 3. The van der Waals surface area contributed by atoms with E-state index >= 15 is 0 Å². The molecule has 7 rings (SSSR count). The largest absolute Gasteiger partial charge is 0.439 e. The van der Waals surface area contributed by atoms with Gasteiger partial charge in [-0.1, -0.05) is 5.16 Å². The fraction of sp³-hybridized carbons (Fsp3) is 0.393. The molecule has 4 heterocycles. The zero-order chi connectivity index (χ0) is 28.5. The quantitative estimate of drug-likeness (QED) is 0.336. The minimum atomic E-state index is -4.44. The Morgan fingerprint density at radius 2 is 1.95 bits per heavy atom. The Bertz CT molecular complexity index is 1690. The maximum absolute atomic E-state index is 13.4. The van der Waals surface area contributed by atoms with Crippen LogP contribution in [-0.2, 0) is 23.2 Å². The van der Waals surface area contributed by atoms with Gasteiger partial charge in [0.15, 0.2) is 11.6 Å². The van der Waals surface area contributed by atoms with Gasteiger partial charge >= 0.3 is 12.2 Å². The molecule has 212 valence electrons. The van der Waals surface area contributed by atoms with Crippen LogP contribution >= 0.6 is 0 Å². The Hall–Kier alpha value is -4.42. The molecule has 13 heteroatoms. The van der Waals surface area contributed by atoms with Crippen molar-refractivity contribution in [2.24, 2.45) is 5.92 Å². The average Bonchev–Trinajstić information content (AvgIpc) is 3.86. The molecule has 0 bridgehead atoms. The summed E-state index contributed by atoms with van der Waals surface area (Å²) in [6.07, 6.45) is 0.869. The van der Waals surface area contributed by atoms with E-state index in [0.29, 0.717) is 35.5 Å². The monoisotopic (exact) mass is 566 g/mol. The summed E-state index contributed by atoms with van der Waals surface area (Å²) < 4.78 is 52.6. The number of hydrogen-bond donors (Lipinski definition) is 1. The molecule has 1 aliphatic heterocycles. The first kappa shape index (κ1) is 25.5. The number of carbonyl (C=O) groups excluding carboxylic acids is 2. The number of fused-ring (bicyclic) bond motifs is 2. The molecular weight excluding hydrogens is 541 g/mol. The van der Waals surface area contributed by atoms with Crippen LogP contribution < -0.4 is 10.1 Å². The molecule has 3 aromatic heterocycles. The van der Waals surface area contributed by atoms with Gasteiger partial charge < -0.3 is 14.2 Å². The van der Waals surface area contributed by atoms with Crippen molar-refractivity contribution in [1.82, 2.24) is 24.6 Å². The van der Waals surface area contributed by atoms with Crippen molar-refractivity contribution in [3.05, 3.63) is 59.9 Å². The van der Waals surface area contributed by atoms with Crippen LogP contribution in [-0.4, -0.2) is 48.7 Å². The second-order valence-corrected chi connectivity index (χ2v) is 11.0. The lowest BCUT2D eigenvalue weighted by molar-refractivity contribution is -0.165. The highest BCUT2D eigenvalue weighted by Crippen LogP contribution is 2.59. The molecule has 0 saturated heterocycles. The summed E-state index contributed by atoms with van der Waals surface area (Å²) in [5.41, 5.74) is 0.167. The first-order valence-electron chi connectivity index (χ1n) is 13.4. The van der Waals surface area contributed by atoms with Gasteiger partial charge in [-0.25, -0.2) is 14.8 Å². The Morgan fingerprint density at radius 3 is 2.68 bits per heavy atom. The molecular formula is C28H25F3N6O4. The van der Waals surface area contributed by atoms with Crippen LogP contribution in [0.4, 0.5) is 23.8 Å². The van der Waals surface area contributed by atoms with Gasteiger partial charge in [0.2, 0.25) is 11.8 Å². The van der Waals surface area contributed by atoms with E-state index in [2.05, 4.69) is 20.4 Å². The summed E-state index contributed by atoms with van der Waals surface area (Å²) >= 11 is 0. The maximum Gasteiger partial charge on any atom is 0.401 e. The maximum atomic E-state index is 13.4. The van der Waals surface area contributed by atoms with Crippen molar-refractivity contribution in [2.45, 2.75) is 63.2 Å². The van der Waals surface area contributed by atoms with Crippen molar-refractivity contribution in [3.8, 4) is 11.6 Å². The summed E-state index contributed by atoms with van der Waals surface area (Å²) in [4.78, 5) is 36.2. The molecule has 4 aromatic rings. The van der Waals surface area contributed by atoms with Crippen LogP contribution in [0.25, 0.3) is 10.9 Å². The van der Waals surface area contributed by atoms with Crippen LogP contribution in [0.3, 0.4) is 0 Å². The number of halogens is 3. The lowest BCUT2D eigenvalue weighted by Crippen LogP contribution is -2.43. The molecule has 2 saturated carbocycles. The second-order valence-electron chi connectivity index (χ2n) is 11.0. The number of nitrogens with zero attached hydrogens (tertiary/aromatic N) is 5. The number of nitrogens with one attached hydrogen (secondary N) is 1. The smallest absolute Gasteiger partial charge is 0.401 e. The molecule has 1 aromatic carbocycles. The van der Waals surface area contributed by atoms with Gasteiger partial charge in [0.25, 0.3) is 0 Å². The van der Waals surface area contributed by atoms with E-state index in [9.17, 15) is 22.8 Å². The minimum Gasteiger partial charge on any atom is -0.439 e. The summed E-state index contributed by atoms with van der Waals surface area (Å²) in [7, 11) is 0. The highest BCUT2D eigenvalue weighted by atomic mass is 19.4. The number of ether oxygens (including phenoxy) is 1. The predicted molar refractivity (Wildman–Crippen MR) is 138 cm³/mol. The highest BCUT2D eigenvalue weighted by Gasteiger charge is 2.67. The van der Waals surface area contributed by atoms with Crippen LogP contribution in [0.2, 0.25) is 0 Å². The standard InChI is InChI=1S/C28H25F3N6O4/c1-15-10-19-20(13-37(15)25(38)16-2-3-16)32-14-33-24(19)40-18-4-5-21-17(11-18)6-9-36(21)26(39)34-23-12-22(41-35-23)27(7-8-27)28(29,30)31/h4-6,9,11-12,14-16H,2-3,7-8,10,13H2,1H3,(H,34,35,39)/t15-/m0/s1. The summed E-state index contributed by atoms with van der Waals surface area (Å²) in [5, 5.41) is 6.82. The molecule has 10 nitrogen and oxygen atoms in total. The Balaban J connectivity index is 1.07. The van der Waals surface area contributed by atoms with Gasteiger partial charge in [-0.05, 0) is 63.3 Å². The topological polar surface area (TPSA) is 115 Å². The minimum absolute atomic E-state index is 0.00282. The third kappa shape index (κ3) is 4.39. The normalized spacial score (nSPS) is 19.6. The fourth-order valence-corrected chi connectivity index (χ4v) is 5.44. The number of rotatable bonds is 5. The first-order valence-corrected chi connectivity index (χ1v) is 13.4. The number of amides is 2. The average molecular weight is 567 g/mol. The third-order valence-electron chi connectivity index (χ3n) is 8.16. The first-order chi connectivity index (χ1) is 19.6. The van der Waals surface area contributed by atoms with Gasteiger partial charge in [0, 0.05) is 35.2 Å². The van der Waals surface area contributed by atoms with Crippen molar-refractivity contribution in [3.63, 3.8) is 0 Å². The molecule has 1 atom stereocenters. The summed E-state index contributed by atoms with van der Waals surface area (Å²) in [6.45, 7) is 2.44. The van der Waals surface area contributed by atoms with Crippen molar-refractivity contribution >= 4 is 28.7 Å². The molecule has 0 unspecified atom stereocenters. The van der Waals surface area contributed by atoms with E-state index in [1.807, 2.05) is 11.8 Å². The predicted octanol–water partition coefficient (Wildman–Crippen LogP) is 5.57. The molecule has 0 spiro atoms. The van der Waals surface area contributed by atoms with E-state index in [4.69, 9.17) is 9.26 Å². The zero-order valence-electron chi connectivity index (χ0n) is 21.9. The van der Waals surface area contributed by atoms with E-state index in [1.54, 1.807) is 30.5 Å². The third-order valence-corrected chi connectivity index (χ3v) is 8.16. The van der Waals surface area contributed by atoms with Crippen molar-refractivity contribution in [1.29, 1.82) is 0 Å². The second kappa shape index (κ2) is 9.05. The number of benzene rings is 1. The molecule has 2 fully saturated rings. The molecule has 2 aliphatic carbocycles. The van der Waals surface area contributed by atoms with Gasteiger partial charge in [-0.15, -0.1) is 0 Å². The van der Waals surface area contributed by atoms with Crippen LogP contribution in [0.5, 0.6) is 11.6 Å². The SMILES string of the molecule is C[C@H]1Cc2c(ncnc2Oc2ccc3c(ccn3C(=O)Nc3cc(C4(C(F)(F)F)CC4)on3)c2)CN1C(=O)C1CC1. The van der Waals surface area contributed by atoms with Crippen molar-refractivity contribution < 1.29 is 32.0 Å². The van der Waals surface area contributed by atoms with Gasteiger partial charge in [0.05, 0.1) is 17.8 Å². The lowest BCUT2D eigenvalue weighted by atomic mass is 9.99. The number of anilines is 1. The van der Waals surface area contributed by atoms with E-state index in [0.717, 1.165) is 30.2 Å². The molecule has 0 radical (unpaired) electrons. The molecule has 1 N–H and O–H groups in total. The number of aromatic nitrogens is 4. The number of hydrogen-bond acceptors (Lipinski definition) is 7. The summed E-state index contributed by atoms with van der Waals surface area (Å²) in [5.74, 6) is 0.843. The molecule has 3 aliphatic rings. The fourth-order valence-electron chi connectivity index (χ4n) is 5.44. The highest BCUT2D eigenvalue weighted by molar-refractivity contribution is 5.98. The summed E-state index contributed by atoms with van der Waals surface area (Å²) in [6, 6.07) is 7.41.